The van der Waals surface area contributed by atoms with Crippen LogP contribution >= 0.6 is 0 Å². The van der Waals surface area contributed by atoms with Gasteiger partial charge >= 0.3 is 0 Å². The van der Waals surface area contributed by atoms with Crippen molar-refractivity contribution in [2.24, 2.45) is 0 Å². The Morgan fingerprint density at radius 1 is 1.09 bits per heavy atom. The minimum atomic E-state index is -2.17. The number of hydrogen-bond donors (Lipinski definition) is 2. The van der Waals surface area contributed by atoms with Crippen LogP contribution in [0.15, 0.2) is 0 Å². The van der Waals surface area contributed by atoms with Crippen molar-refractivity contribution in [2.45, 2.75) is 37.8 Å². The summed E-state index contributed by atoms with van der Waals surface area (Å²) >= 11 is 0. The highest BCUT2D eigenvalue weighted by atomic mass is 28.4. The molecule has 4 heteroatoms. The van der Waals surface area contributed by atoms with Crippen LogP contribution in [-0.2, 0) is 0 Å². The van der Waals surface area contributed by atoms with E-state index in [2.05, 4.69) is 6.92 Å². The van der Waals surface area contributed by atoms with Crippen LogP contribution < -0.4 is 0 Å². The van der Waals surface area contributed by atoms with E-state index in [-0.39, 0.29) is 5.16 Å². The lowest BCUT2D eigenvalue weighted by molar-refractivity contribution is 0.501. The van der Waals surface area contributed by atoms with Crippen LogP contribution in [0.25, 0.3) is 0 Å². The predicted molar refractivity (Wildman–Crippen MR) is 53.1 cm³/mol. The maximum absolute atomic E-state index is 9.79. The average molecular weight is 191 g/mol. The van der Waals surface area contributed by atoms with Gasteiger partial charge in [-0.3, -0.25) is 0 Å². The molecule has 0 bridgehead atoms. The molecule has 0 fully saturated rings. The smallest absolute Gasteiger partial charge is 0.185 e. The molecule has 0 unspecified atom stereocenters. The largest absolute Gasteiger partial charge is 0.432 e. The second-order valence-electron chi connectivity index (χ2n) is 4.15. The fourth-order valence-corrected chi connectivity index (χ4v) is 9.90. The molecule has 0 aliphatic carbocycles. The third-order valence-corrected chi connectivity index (χ3v) is 10.2. The lowest BCUT2D eigenvalue weighted by Gasteiger charge is -2.33. The Kier molecular flexibility index (Phi) is 3.50. The van der Waals surface area contributed by atoms with Crippen LogP contribution in [-0.4, -0.2) is 26.2 Å². The molecule has 0 aromatic rings. The van der Waals surface area contributed by atoms with Gasteiger partial charge < -0.3 is 9.59 Å². The minimum Gasteiger partial charge on any atom is -0.432 e. The summed E-state index contributed by atoms with van der Waals surface area (Å²) in [5.41, 5.74) is 0. The van der Waals surface area contributed by atoms with Crippen molar-refractivity contribution in [3.05, 3.63) is 6.92 Å². The molecule has 0 saturated heterocycles. The summed E-state index contributed by atoms with van der Waals surface area (Å²) in [6, 6.07) is 0. The van der Waals surface area contributed by atoms with Gasteiger partial charge in [-0.25, -0.2) is 0 Å². The summed E-state index contributed by atoms with van der Waals surface area (Å²) in [7, 11) is -4.35. The Morgan fingerprint density at radius 2 is 1.36 bits per heavy atom. The van der Waals surface area contributed by atoms with Crippen LogP contribution in [0.1, 0.15) is 6.42 Å². The quantitative estimate of drug-likeness (QED) is 0.664. The molecule has 0 atom stereocenters. The molecule has 11 heavy (non-hydrogen) atoms. The summed E-state index contributed by atoms with van der Waals surface area (Å²) < 4.78 is 0. The van der Waals surface area contributed by atoms with Crippen molar-refractivity contribution in [3.63, 3.8) is 0 Å². The van der Waals surface area contributed by atoms with Gasteiger partial charge in [0, 0.05) is 0 Å². The van der Waals surface area contributed by atoms with Crippen molar-refractivity contribution in [1.82, 2.24) is 0 Å². The zero-order chi connectivity index (χ0) is 9.28. The molecule has 2 nitrogen and oxygen atoms in total. The first kappa shape index (κ1) is 11.4. The van der Waals surface area contributed by atoms with E-state index in [0.29, 0.717) is 6.42 Å². The number of hydrogen-bond acceptors (Lipinski definition) is 2. The minimum absolute atomic E-state index is 0.0926. The molecule has 0 spiro atoms. The summed E-state index contributed by atoms with van der Waals surface area (Å²) in [6.07, 6.45) is 0.658. The van der Waals surface area contributed by atoms with Gasteiger partial charge in [0.15, 0.2) is 16.6 Å². The monoisotopic (exact) mass is 191 g/mol. The standard InChI is InChI=1S/C7H19O2Si2/c1-6-7(10(2,3)8)11(4,5)9/h7-9H,1,6H2,2-5H3. The fraction of sp³-hybridized carbons (Fsp3) is 0.857. The van der Waals surface area contributed by atoms with E-state index in [4.69, 9.17) is 0 Å². The zero-order valence-corrected chi connectivity index (χ0v) is 9.89. The Morgan fingerprint density at radius 3 is 1.36 bits per heavy atom. The molecule has 67 valence electrons. The van der Waals surface area contributed by atoms with Gasteiger partial charge in [0.25, 0.3) is 0 Å². The second kappa shape index (κ2) is 3.39. The van der Waals surface area contributed by atoms with E-state index in [1.165, 1.54) is 0 Å². The van der Waals surface area contributed by atoms with Crippen molar-refractivity contribution in [2.75, 3.05) is 0 Å². The van der Waals surface area contributed by atoms with E-state index in [0.717, 1.165) is 0 Å². The normalized spacial score (nSPS) is 14.2. The summed E-state index contributed by atoms with van der Waals surface area (Å²) in [5.74, 6) is 0. The maximum atomic E-state index is 9.79. The molecule has 0 aromatic heterocycles. The molecule has 1 radical (unpaired) electrons. The second-order valence-corrected chi connectivity index (χ2v) is 12.7. The molecule has 0 amide bonds. The third-order valence-electron chi connectivity index (χ3n) is 1.99. The zero-order valence-electron chi connectivity index (χ0n) is 7.89. The molecule has 0 aliphatic heterocycles. The SMILES string of the molecule is [CH2]CC([Si](C)(C)O)[Si](C)(C)O. The summed E-state index contributed by atoms with van der Waals surface area (Å²) in [4.78, 5) is 19.6. The highest BCUT2D eigenvalue weighted by Crippen LogP contribution is 2.31. The van der Waals surface area contributed by atoms with Gasteiger partial charge in [0.05, 0.1) is 0 Å². The molecular formula is C7H19O2Si2. The van der Waals surface area contributed by atoms with Crippen molar-refractivity contribution in [3.8, 4) is 0 Å². The first-order valence-corrected chi connectivity index (χ1v) is 9.98. The Bertz CT molecular complexity index is 109. The summed E-state index contributed by atoms with van der Waals surface area (Å²) in [6.45, 7) is 11.2. The van der Waals surface area contributed by atoms with E-state index in [9.17, 15) is 9.59 Å². The van der Waals surface area contributed by atoms with Crippen LogP contribution in [0.2, 0.25) is 31.4 Å². The highest BCUT2D eigenvalue weighted by molar-refractivity contribution is 6.90. The van der Waals surface area contributed by atoms with Crippen LogP contribution in [0, 0.1) is 6.92 Å². The Labute approximate surface area is 71.5 Å². The lowest BCUT2D eigenvalue weighted by Crippen LogP contribution is -2.47. The van der Waals surface area contributed by atoms with Gasteiger partial charge in [-0.05, 0) is 31.4 Å². The van der Waals surface area contributed by atoms with Gasteiger partial charge in [0.2, 0.25) is 0 Å². The molecule has 0 aromatic carbocycles. The molecule has 0 heterocycles. The van der Waals surface area contributed by atoms with Crippen LogP contribution in [0.5, 0.6) is 0 Å². The lowest BCUT2D eigenvalue weighted by atomic mass is 10.6. The van der Waals surface area contributed by atoms with E-state index < -0.39 is 16.6 Å². The molecule has 2 N–H and O–H groups in total. The average Bonchev–Trinajstić information content (AvgIpc) is 1.56. The summed E-state index contributed by atoms with van der Waals surface area (Å²) in [5, 5.41) is 0.0926. The number of rotatable bonds is 3. The van der Waals surface area contributed by atoms with Crippen LogP contribution in [0.4, 0.5) is 0 Å². The van der Waals surface area contributed by atoms with E-state index in [1.54, 1.807) is 0 Å². The van der Waals surface area contributed by atoms with Gasteiger partial charge in [-0.15, -0.1) is 0 Å². The molecule has 0 aliphatic rings. The van der Waals surface area contributed by atoms with Gasteiger partial charge in [-0.2, -0.15) is 0 Å². The van der Waals surface area contributed by atoms with Crippen molar-refractivity contribution in [1.29, 1.82) is 0 Å². The molecule has 0 saturated carbocycles. The Balaban J connectivity index is 4.43. The fourth-order valence-electron chi connectivity index (χ4n) is 1.57. The third kappa shape index (κ3) is 3.51. The molecule has 0 rings (SSSR count). The van der Waals surface area contributed by atoms with Gasteiger partial charge in [0.1, 0.15) is 0 Å². The van der Waals surface area contributed by atoms with Crippen molar-refractivity contribution >= 4 is 16.6 Å². The topological polar surface area (TPSA) is 40.5 Å². The van der Waals surface area contributed by atoms with Crippen molar-refractivity contribution < 1.29 is 9.59 Å². The van der Waals surface area contributed by atoms with E-state index in [1.807, 2.05) is 26.2 Å². The molecular weight excluding hydrogens is 172 g/mol. The first-order valence-electron chi connectivity index (χ1n) is 3.93. The first-order chi connectivity index (χ1) is 4.69. The predicted octanol–water partition coefficient (Wildman–Crippen LogP) is 1.51. The Hall–Kier alpha value is 0.354. The maximum Gasteiger partial charge on any atom is 0.185 e. The van der Waals surface area contributed by atoms with Crippen LogP contribution in [0.3, 0.4) is 0 Å². The van der Waals surface area contributed by atoms with Gasteiger partial charge in [-0.1, -0.05) is 13.3 Å². The van der Waals surface area contributed by atoms with E-state index >= 15 is 0 Å². The highest BCUT2D eigenvalue weighted by Gasteiger charge is 2.41.